The topological polar surface area (TPSA) is 61.9 Å². The second-order valence-corrected chi connectivity index (χ2v) is 8.17. The zero-order valence-electron chi connectivity index (χ0n) is 18.9. The number of ether oxygens (including phenoxy) is 1. The molecule has 0 aliphatic carbocycles. The smallest absolute Gasteiger partial charge is 0.255 e. The number of hydrogen-bond donors (Lipinski definition) is 1. The second-order valence-electron chi connectivity index (χ2n) is 8.17. The van der Waals surface area contributed by atoms with Crippen LogP contribution in [-0.4, -0.2) is 54.9 Å². The van der Waals surface area contributed by atoms with Gasteiger partial charge in [-0.05, 0) is 60.5 Å². The van der Waals surface area contributed by atoms with Crippen LogP contribution >= 0.6 is 0 Å². The van der Waals surface area contributed by atoms with E-state index in [1.807, 2.05) is 35.2 Å². The van der Waals surface area contributed by atoms with Crippen molar-refractivity contribution in [3.63, 3.8) is 0 Å². The molecule has 6 heteroatoms. The lowest BCUT2D eigenvalue weighted by Crippen LogP contribution is -2.35. The molecule has 0 saturated carbocycles. The Balaban J connectivity index is 1.31. The summed E-state index contributed by atoms with van der Waals surface area (Å²) in [5, 5.41) is 2.87. The molecule has 0 spiro atoms. The van der Waals surface area contributed by atoms with Crippen LogP contribution in [0.5, 0.6) is 5.75 Å². The summed E-state index contributed by atoms with van der Waals surface area (Å²) < 4.78 is 5.23. The molecule has 1 aliphatic heterocycles. The van der Waals surface area contributed by atoms with E-state index in [0.29, 0.717) is 23.4 Å². The normalized spacial score (nSPS) is 14.4. The molecule has 1 saturated heterocycles. The van der Waals surface area contributed by atoms with Crippen molar-refractivity contribution < 1.29 is 14.3 Å². The molecule has 0 atom stereocenters. The molecule has 33 heavy (non-hydrogen) atoms. The predicted molar refractivity (Wildman–Crippen MR) is 130 cm³/mol. The maximum atomic E-state index is 13.0. The molecule has 0 unspecified atom stereocenters. The first-order valence-electron chi connectivity index (χ1n) is 11.2. The van der Waals surface area contributed by atoms with Gasteiger partial charge < -0.3 is 15.0 Å². The third-order valence-corrected chi connectivity index (χ3v) is 5.87. The third kappa shape index (κ3) is 5.99. The highest BCUT2D eigenvalue weighted by molar-refractivity contribution is 6.04. The Morgan fingerprint density at radius 3 is 2.24 bits per heavy atom. The summed E-state index contributed by atoms with van der Waals surface area (Å²) in [4.78, 5) is 29.7. The van der Waals surface area contributed by atoms with E-state index in [2.05, 4.69) is 22.3 Å². The fraction of sp³-hybridized carbons (Fsp3) is 0.259. The van der Waals surface area contributed by atoms with E-state index in [1.165, 1.54) is 5.56 Å². The molecular weight excluding hydrogens is 414 g/mol. The van der Waals surface area contributed by atoms with Gasteiger partial charge in [-0.2, -0.15) is 0 Å². The molecule has 4 rings (SSSR count). The first-order valence-corrected chi connectivity index (χ1v) is 11.2. The molecule has 0 bridgehead atoms. The van der Waals surface area contributed by atoms with Crippen LogP contribution in [0.1, 0.15) is 32.7 Å². The molecule has 1 fully saturated rings. The number of benzene rings is 3. The van der Waals surface area contributed by atoms with Gasteiger partial charge in [-0.15, -0.1) is 0 Å². The molecule has 0 aromatic heterocycles. The van der Waals surface area contributed by atoms with Gasteiger partial charge in [0.25, 0.3) is 11.8 Å². The number of nitrogens with one attached hydrogen (secondary N) is 1. The SMILES string of the molecule is COc1ccc(CN2CCCN(C(=O)c3ccc(NC(=O)c4ccccc4)cc3)CC2)cc1. The monoisotopic (exact) mass is 443 g/mol. The molecule has 170 valence electrons. The number of carbonyl (C=O) groups excluding carboxylic acids is 2. The molecule has 3 aromatic carbocycles. The van der Waals surface area contributed by atoms with Gasteiger partial charge in [0.05, 0.1) is 7.11 Å². The zero-order chi connectivity index (χ0) is 23.0. The first kappa shape index (κ1) is 22.6. The largest absolute Gasteiger partial charge is 0.497 e. The number of amides is 2. The summed E-state index contributed by atoms with van der Waals surface area (Å²) in [5.41, 5.74) is 3.14. The van der Waals surface area contributed by atoms with Gasteiger partial charge in [0, 0.05) is 49.5 Å². The summed E-state index contributed by atoms with van der Waals surface area (Å²) in [6.07, 6.45) is 0.938. The lowest BCUT2D eigenvalue weighted by molar-refractivity contribution is 0.0761. The van der Waals surface area contributed by atoms with Crippen molar-refractivity contribution in [3.05, 3.63) is 95.6 Å². The number of nitrogens with zero attached hydrogens (tertiary/aromatic N) is 2. The number of rotatable bonds is 6. The van der Waals surface area contributed by atoms with Crippen molar-refractivity contribution in [2.75, 3.05) is 38.6 Å². The van der Waals surface area contributed by atoms with E-state index in [4.69, 9.17) is 4.74 Å². The number of hydrogen-bond acceptors (Lipinski definition) is 4. The van der Waals surface area contributed by atoms with E-state index in [0.717, 1.165) is 38.3 Å². The van der Waals surface area contributed by atoms with Gasteiger partial charge in [0.1, 0.15) is 5.75 Å². The Kier molecular flexibility index (Phi) is 7.37. The van der Waals surface area contributed by atoms with E-state index < -0.39 is 0 Å². The zero-order valence-corrected chi connectivity index (χ0v) is 18.9. The number of carbonyl (C=O) groups is 2. The third-order valence-electron chi connectivity index (χ3n) is 5.87. The molecule has 2 amide bonds. The Hall–Kier alpha value is -3.64. The minimum absolute atomic E-state index is 0.0298. The van der Waals surface area contributed by atoms with Crippen LogP contribution in [0.3, 0.4) is 0 Å². The highest BCUT2D eigenvalue weighted by atomic mass is 16.5. The highest BCUT2D eigenvalue weighted by Gasteiger charge is 2.20. The van der Waals surface area contributed by atoms with E-state index in [1.54, 1.807) is 43.5 Å². The van der Waals surface area contributed by atoms with Crippen molar-refractivity contribution in [1.29, 1.82) is 0 Å². The predicted octanol–water partition coefficient (Wildman–Crippen LogP) is 4.30. The maximum absolute atomic E-state index is 13.0. The van der Waals surface area contributed by atoms with Gasteiger partial charge in [0.2, 0.25) is 0 Å². The van der Waals surface area contributed by atoms with Crippen LogP contribution in [0, 0.1) is 0 Å². The molecule has 1 aliphatic rings. The first-order chi connectivity index (χ1) is 16.1. The molecular formula is C27H29N3O3. The Bertz CT molecular complexity index is 1070. The summed E-state index contributed by atoms with van der Waals surface area (Å²) >= 11 is 0. The fourth-order valence-corrected chi connectivity index (χ4v) is 3.99. The van der Waals surface area contributed by atoms with Crippen molar-refractivity contribution in [2.45, 2.75) is 13.0 Å². The Labute approximate surface area is 194 Å². The van der Waals surface area contributed by atoms with Crippen LogP contribution in [0.15, 0.2) is 78.9 Å². The standard InChI is InChI=1S/C27H29N3O3/c1-33-25-14-8-21(9-15-25)20-29-16-5-17-30(19-18-29)27(32)23-10-12-24(13-11-23)28-26(31)22-6-3-2-4-7-22/h2-4,6-15H,5,16-20H2,1H3,(H,28,31). The lowest BCUT2D eigenvalue weighted by Gasteiger charge is -2.22. The average molecular weight is 444 g/mol. The summed E-state index contributed by atoms with van der Waals surface area (Å²) in [6, 6.07) is 24.3. The summed E-state index contributed by atoms with van der Waals surface area (Å²) in [5.74, 6) is 0.721. The van der Waals surface area contributed by atoms with Crippen molar-refractivity contribution in [3.8, 4) is 5.75 Å². The van der Waals surface area contributed by atoms with Crippen LogP contribution in [0.2, 0.25) is 0 Å². The van der Waals surface area contributed by atoms with Crippen molar-refractivity contribution >= 4 is 17.5 Å². The van der Waals surface area contributed by atoms with Gasteiger partial charge in [-0.3, -0.25) is 14.5 Å². The van der Waals surface area contributed by atoms with Gasteiger partial charge in [-0.1, -0.05) is 30.3 Å². The minimum Gasteiger partial charge on any atom is -0.497 e. The Morgan fingerprint density at radius 2 is 1.55 bits per heavy atom. The fourth-order valence-electron chi connectivity index (χ4n) is 3.99. The van der Waals surface area contributed by atoms with Crippen molar-refractivity contribution in [1.82, 2.24) is 9.80 Å². The highest BCUT2D eigenvalue weighted by Crippen LogP contribution is 2.17. The average Bonchev–Trinajstić information content (AvgIpc) is 3.10. The minimum atomic E-state index is -0.167. The second kappa shape index (κ2) is 10.8. The van der Waals surface area contributed by atoms with Crippen LogP contribution < -0.4 is 10.1 Å². The molecule has 1 heterocycles. The summed E-state index contributed by atoms with van der Waals surface area (Å²) in [6.45, 7) is 4.09. The molecule has 6 nitrogen and oxygen atoms in total. The van der Waals surface area contributed by atoms with Gasteiger partial charge in [0.15, 0.2) is 0 Å². The van der Waals surface area contributed by atoms with Gasteiger partial charge >= 0.3 is 0 Å². The van der Waals surface area contributed by atoms with Crippen LogP contribution in [0.4, 0.5) is 5.69 Å². The maximum Gasteiger partial charge on any atom is 0.255 e. The van der Waals surface area contributed by atoms with E-state index in [-0.39, 0.29) is 11.8 Å². The van der Waals surface area contributed by atoms with E-state index in [9.17, 15) is 9.59 Å². The molecule has 1 N–H and O–H groups in total. The number of methoxy groups -OCH3 is 1. The van der Waals surface area contributed by atoms with Crippen LogP contribution in [-0.2, 0) is 6.54 Å². The Morgan fingerprint density at radius 1 is 0.818 bits per heavy atom. The molecule has 3 aromatic rings. The number of anilines is 1. The van der Waals surface area contributed by atoms with Crippen molar-refractivity contribution in [2.24, 2.45) is 0 Å². The molecule has 0 radical (unpaired) electrons. The lowest BCUT2D eigenvalue weighted by atomic mass is 10.1. The van der Waals surface area contributed by atoms with E-state index >= 15 is 0 Å². The van der Waals surface area contributed by atoms with Crippen LogP contribution in [0.25, 0.3) is 0 Å². The quantitative estimate of drug-likeness (QED) is 0.617. The van der Waals surface area contributed by atoms with Gasteiger partial charge in [-0.25, -0.2) is 0 Å². The summed E-state index contributed by atoms with van der Waals surface area (Å²) in [7, 11) is 1.67.